The van der Waals surface area contributed by atoms with Crippen molar-refractivity contribution in [1.82, 2.24) is 4.98 Å². The highest BCUT2D eigenvalue weighted by Gasteiger charge is 2.06. The molecule has 0 saturated heterocycles. The summed E-state index contributed by atoms with van der Waals surface area (Å²) in [6, 6.07) is 4.52. The van der Waals surface area contributed by atoms with Crippen LogP contribution in [0.1, 0.15) is 46.5 Å². The maximum Gasteiger partial charge on any atom is 0.213 e. The lowest BCUT2D eigenvalue weighted by molar-refractivity contribution is 0.327. The fourth-order valence-electron chi connectivity index (χ4n) is 1.92. The number of aromatic nitrogens is 1. The molecular formula is C14H24N2O. The van der Waals surface area contributed by atoms with Crippen molar-refractivity contribution in [3.8, 4) is 5.88 Å². The molecule has 1 rings (SSSR count). The average molecular weight is 236 g/mol. The van der Waals surface area contributed by atoms with Gasteiger partial charge in [0, 0.05) is 12.1 Å². The molecule has 0 fully saturated rings. The molecule has 1 aromatic rings. The zero-order valence-electron chi connectivity index (χ0n) is 11.2. The van der Waals surface area contributed by atoms with Crippen molar-refractivity contribution in [3.63, 3.8) is 0 Å². The van der Waals surface area contributed by atoms with Crippen molar-refractivity contribution in [3.05, 3.63) is 18.3 Å². The number of hydrogen-bond donors (Lipinski definition) is 1. The third kappa shape index (κ3) is 5.07. The summed E-state index contributed by atoms with van der Waals surface area (Å²) in [7, 11) is 0. The van der Waals surface area contributed by atoms with Crippen molar-refractivity contribution >= 4 is 5.69 Å². The smallest absolute Gasteiger partial charge is 0.213 e. The maximum absolute atomic E-state index is 5.32. The Hall–Kier alpha value is -1.25. The van der Waals surface area contributed by atoms with E-state index in [1.807, 2.05) is 25.3 Å². The van der Waals surface area contributed by atoms with Crippen LogP contribution in [-0.2, 0) is 0 Å². The van der Waals surface area contributed by atoms with Gasteiger partial charge in [-0.05, 0) is 25.8 Å². The molecule has 0 radical (unpaired) electrons. The Kier molecular flexibility index (Phi) is 6.45. The summed E-state index contributed by atoms with van der Waals surface area (Å²) in [6.07, 6.45) is 6.69. The largest absolute Gasteiger partial charge is 0.478 e. The first-order valence-electron chi connectivity index (χ1n) is 6.65. The predicted octanol–water partition coefficient (Wildman–Crippen LogP) is 3.86. The molecule has 3 heteroatoms. The van der Waals surface area contributed by atoms with Crippen molar-refractivity contribution in [2.45, 2.75) is 52.5 Å². The van der Waals surface area contributed by atoms with Gasteiger partial charge < -0.3 is 10.1 Å². The van der Waals surface area contributed by atoms with Gasteiger partial charge in [-0.3, -0.25) is 0 Å². The first-order chi connectivity index (χ1) is 8.30. The number of nitrogens with one attached hydrogen (secondary N) is 1. The second-order valence-electron chi connectivity index (χ2n) is 4.24. The fourth-order valence-corrected chi connectivity index (χ4v) is 1.92. The first-order valence-corrected chi connectivity index (χ1v) is 6.65. The summed E-state index contributed by atoms with van der Waals surface area (Å²) in [5, 5.41) is 3.53. The van der Waals surface area contributed by atoms with Gasteiger partial charge in [0.05, 0.1) is 18.5 Å². The molecular weight excluding hydrogens is 212 g/mol. The zero-order chi connectivity index (χ0) is 12.5. The summed E-state index contributed by atoms with van der Waals surface area (Å²) in [5.41, 5.74) is 1.08. The Labute approximate surface area is 105 Å². The number of nitrogens with zero attached hydrogens (tertiary/aromatic N) is 1. The Morgan fingerprint density at radius 1 is 1.18 bits per heavy atom. The summed E-state index contributed by atoms with van der Waals surface area (Å²) in [5.74, 6) is 0.695. The van der Waals surface area contributed by atoms with Crippen molar-refractivity contribution in [1.29, 1.82) is 0 Å². The van der Waals surface area contributed by atoms with Gasteiger partial charge in [0.25, 0.3) is 0 Å². The Morgan fingerprint density at radius 3 is 2.35 bits per heavy atom. The van der Waals surface area contributed by atoms with Crippen molar-refractivity contribution < 1.29 is 4.74 Å². The van der Waals surface area contributed by atoms with E-state index in [1.165, 1.54) is 25.7 Å². The summed E-state index contributed by atoms with van der Waals surface area (Å²) < 4.78 is 5.32. The van der Waals surface area contributed by atoms with Crippen LogP contribution in [0, 0.1) is 0 Å². The van der Waals surface area contributed by atoms with Crippen LogP contribution in [0.2, 0.25) is 0 Å². The standard InChI is InChI=1S/C14H24N2O/c1-4-7-12(8-5-2)16-13-9-10-14(15-11-13)17-6-3/h9-12,16H,4-8H2,1-3H3. The highest BCUT2D eigenvalue weighted by Crippen LogP contribution is 2.16. The second-order valence-corrected chi connectivity index (χ2v) is 4.24. The number of rotatable bonds is 8. The number of anilines is 1. The molecule has 0 aromatic carbocycles. The quantitative estimate of drug-likeness (QED) is 0.744. The van der Waals surface area contributed by atoms with Crippen LogP contribution in [0.25, 0.3) is 0 Å². The fraction of sp³-hybridized carbons (Fsp3) is 0.643. The first kappa shape index (κ1) is 13.8. The molecule has 3 nitrogen and oxygen atoms in total. The molecule has 0 saturated carbocycles. The lowest BCUT2D eigenvalue weighted by Gasteiger charge is -2.18. The van der Waals surface area contributed by atoms with Crippen LogP contribution in [-0.4, -0.2) is 17.6 Å². The molecule has 0 aliphatic heterocycles. The van der Waals surface area contributed by atoms with Crippen LogP contribution in [0.15, 0.2) is 18.3 Å². The highest BCUT2D eigenvalue weighted by molar-refractivity contribution is 5.42. The monoisotopic (exact) mass is 236 g/mol. The molecule has 0 amide bonds. The summed E-state index contributed by atoms with van der Waals surface area (Å²) >= 11 is 0. The molecule has 17 heavy (non-hydrogen) atoms. The Bertz CT molecular complexity index is 292. The van der Waals surface area contributed by atoms with Crippen molar-refractivity contribution in [2.75, 3.05) is 11.9 Å². The molecule has 1 N–H and O–H groups in total. The van der Waals surface area contributed by atoms with Crippen LogP contribution in [0.3, 0.4) is 0 Å². The Morgan fingerprint density at radius 2 is 1.88 bits per heavy atom. The minimum Gasteiger partial charge on any atom is -0.478 e. The van der Waals surface area contributed by atoms with Gasteiger partial charge in [-0.2, -0.15) is 0 Å². The minimum absolute atomic E-state index is 0.560. The van der Waals surface area contributed by atoms with E-state index in [-0.39, 0.29) is 0 Å². The average Bonchev–Trinajstić information content (AvgIpc) is 2.33. The van der Waals surface area contributed by atoms with E-state index in [0.717, 1.165) is 5.69 Å². The molecule has 1 aromatic heterocycles. The van der Waals surface area contributed by atoms with Crippen LogP contribution in [0.4, 0.5) is 5.69 Å². The topological polar surface area (TPSA) is 34.1 Å². The molecule has 0 spiro atoms. The van der Waals surface area contributed by atoms with Gasteiger partial charge in [0.1, 0.15) is 0 Å². The van der Waals surface area contributed by atoms with Crippen LogP contribution >= 0.6 is 0 Å². The third-order valence-corrected chi connectivity index (χ3v) is 2.67. The SMILES string of the molecule is CCCC(CCC)Nc1ccc(OCC)nc1. The molecule has 96 valence electrons. The molecule has 0 atom stereocenters. The van der Waals surface area contributed by atoms with Gasteiger partial charge in [0.15, 0.2) is 0 Å². The maximum atomic E-state index is 5.32. The minimum atomic E-state index is 0.560. The zero-order valence-corrected chi connectivity index (χ0v) is 11.2. The lowest BCUT2D eigenvalue weighted by Crippen LogP contribution is -2.18. The van der Waals surface area contributed by atoms with Crippen LogP contribution < -0.4 is 10.1 Å². The molecule has 0 aliphatic carbocycles. The molecule has 0 aliphatic rings. The van der Waals surface area contributed by atoms with E-state index >= 15 is 0 Å². The van der Waals surface area contributed by atoms with E-state index in [2.05, 4.69) is 24.1 Å². The van der Waals surface area contributed by atoms with E-state index < -0.39 is 0 Å². The van der Waals surface area contributed by atoms with Gasteiger partial charge in [-0.1, -0.05) is 26.7 Å². The van der Waals surface area contributed by atoms with Gasteiger partial charge in [-0.25, -0.2) is 4.98 Å². The van der Waals surface area contributed by atoms with E-state index in [1.54, 1.807) is 0 Å². The molecule has 0 bridgehead atoms. The van der Waals surface area contributed by atoms with Gasteiger partial charge >= 0.3 is 0 Å². The van der Waals surface area contributed by atoms with E-state index in [9.17, 15) is 0 Å². The van der Waals surface area contributed by atoms with Crippen molar-refractivity contribution in [2.24, 2.45) is 0 Å². The van der Waals surface area contributed by atoms with E-state index in [0.29, 0.717) is 18.5 Å². The summed E-state index contributed by atoms with van der Waals surface area (Å²) in [6.45, 7) is 7.07. The molecule has 1 heterocycles. The predicted molar refractivity (Wildman–Crippen MR) is 72.6 cm³/mol. The Balaban J connectivity index is 2.53. The van der Waals surface area contributed by atoms with Gasteiger partial charge in [-0.15, -0.1) is 0 Å². The molecule has 0 unspecified atom stereocenters. The lowest BCUT2D eigenvalue weighted by atomic mass is 10.1. The number of hydrogen-bond acceptors (Lipinski definition) is 3. The summed E-state index contributed by atoms with van der Waals surface area (Å²) in [4.78, 5) is 4.26. The number of pyridine rings is 1. The highest BCUT2D eigenvalue weighted by atomic mass is 16.5. The number of ether oxygens (including phenoxy) is 1. The normalized spacial score (nSPS) is 10.6. The van der Waals surface area contributed by atoms with Gasteiger partial charge in [0.2, 0.25) is 5.88 Å². The van der Waals surface area contributed by atoms with E-state index in [4.69, 9.17) is 4.74 Å². The van der Waals surface area contributed by atoms with Crippen LogP contribution in [0.5, 0.6) is 5.88 Å². The second kappa shape index (κ2) is 7.93. The third-order valence-electron chi connectivity index (χ3n) is 2.67.